The number of aromatic nitrogens is 2. The van der Waals surface area contributed by atoms with E-state index in [1.165, 1.54) is 0 Å². The Morgan fingerprint density at radius 3 is 2.30 bits per heavy atom. The van der Waals surface area contributed by atoms with Gasteiger partial charge in [-0.05, 0) is 6.07 Å². The fraction of sp³-hybridized carbons (Fsp3) is 0.357. The maximum absolute atomic E-state index is 6.03. The van der Waals surface area contributed by atoms with Gasteiger partial charge in [-0.2, -0.15) is 5.10 Å². The van der Waals surface area contributed by atoms with Crippen LogP contribution in [0.2, 0.25) is 0 Å². The number of nitrogen functional groups attached to an aromatic ring is 1. The second-order valence-electron chi connectivity index (χ2n) is 4.34. The molecule has 6 heteroatoms. The molecule has 0 bridgehead atoms. The van der Waals surface area contributed by atoms with Crippen LogP contribution in [-0.2, 0) is 18.4 Å². The summed E-state index contributed by atoms with van der Waals surface area (Å²) in [6.07, 6.45) is 1.71. The van der Waals surface area contributed by atoms with Crippen LogP contribution in [0.1, 0.15) is 5.56 Å². The summed E-state index contributed by atoms with van der Waals surface area (Å²) >= 11 is 0. The maximum atomic E-state index is 6.03. The Hall–Kier alpha value is -2.21. The molecule has 0 spiro atoms. The molecule has 0 fully saturated rings. The minimum atomic E-state index is 0.447. The second kappa shape index (κ2) is 5.83. The van der Waals surface area contributed by atoms with Crippen molar-refractivity contribution in [1.82, 2.24) is 9.78 Å². The zero-order chi connectivity index (χ0) is 14.7. The summed E-state index contributed by atoms with van der Waals surface area (Å²) in [7, 11) is 6.64. The Morgan fingerprint density at radius 2 is 1.80 bits per heavy atom. The topological polar surface area (TPSA) is 71.5 Å². The normalized spacial score (nSPS) is 10.6. The van der Waals surface area contributed by atoms with E-state index in [1.54, 1.807) is 39.3 Å². The first-order valence-electron chi connectivity index (χ1n) is 6.14. The molecule has 2 N–H and O–H groups in total. The number of hydrogen-bond acceptors (Lipinski definition) is 5. The van der Waals surface area contributed by atoms with E-state index in [1.807, 2.05) is 12.1 Å². The number of aryl methyl sites for hydroxylation is 1. The zero-order valence-corrected chi connectivity index (χ0v) is 12.1. The third-order valence-electron chi connectivity index (χ3n) is 3.18. The number of hydrogen-bond donors (Lipinski definition) is 1. The van der Waals surface area contributed by atoms with Gasteiger partial charge >= 0.3 is 0 Å². The number of anilines is 1. The van der Waals surface area contributed by atoms with Gasteiger partial charge in [-0.15, -0.1) is 0 Å². The Balaban J connectivity index is 2.62. The largest absolute Gasteiger partial charge is 0.492 e. The van der Waals surface area contributed by atoms with E-state index in [2.05, 4.69) is 5.10 Å². The van der Waals surface area contributed by atoms with E-state index in [-0.39, 0.29) is 0 Å². The highest BCUT2D eigenvalue weighted by Gasteiger charge is 2.19. The highest BCUT2D eigenvalue weighted by molar-refractivity contribution is 5.81. The molecule has 2 aromatic rings. The molecular formula is C14H19N3O3. The van der Waals surface area contributed by atoms with Crippen LogP contribution in [-0.4, -0.2) is 31.1 Å². The van der Waals surface area contributed by atoms with Gasteiger partial charge in [0.1, 0.15) is 5.82 Å². The molecule has 20 heavy (non-hydrogen) atoms. The highest BCUT2D eigenvalue weighted by Crippen LogP contribution is 2.42. The summed E-state index contributed by atoms with van der Waals surface area (Å²) in [5.41, 5.74) is 8.59. The fourth-order valence-corrected chi connectivity index (χ4v) is 2.17. The highest BCUT2D eigenvalue weighted by atomic mass is 16.5. The van der Waals surface area contributed by atoms with Crippen LogP contribution in [0.25, 0.3) is 11.1 Å². The molecule has 1 aromatic carbocycles. The summed E-state index contributed by atoms with van der Waals surface area (Å²) in [5, 5.41) is 4.15. The first kappa shape index (κ1) is 14.2. The average molecular weight is 277 g/mol. The van der Waals surface area contributed by atoms with Gasteiger partial charge in [0.25, 0.3) is 0 Å². The Kier molecular flexibility index (Phi) is 4.14. The van der Waals surface area contributed by atoms with Crippen LogP contribution >= 0.6 is 0 Å². The molecule has 1 aromatic heterocycles. The van der Waals surface area contributed by atoms with E-state index in [0.717, 1.165) is 16.7 Å². The molecule has 1 heterocycles. The number of nitrogens with two attached hydrogens (primary N) is 1. The molecule has 0 unspecified atom stereocenters. The van der Waals surface area contributed by atoms with Crippen molar-refractivity contribution in [3.8, 4) is 22.6 Å². The van der Waals surface area contributed by atoms with Crippen molar-refractivity contribution in [2.24, 2.45) is 7.05 Å². The van der Waals surface area contributed by atoms with Gasteiger partial charge in [-0.3, -0.25) is 4.68 Å². The monoisotopic (exact) mass is 277 g/mol. The lowest BCUT2D eigenvalue weighted by Crippen LogP contribution is -2.01. The van der Waals surface area contributed by atoms with Gasteiger partial charge in [0, 0.05) is 30.8 Å². The van der Waals surface area contributed by atoms with Crippen molar-refractivity contribution in [2.75, 3.05) is 27.1 Å². The number of ether oxygens (including phenoxy) is 3. The molecule has 0 aliphatic carbocycles. The Labute approximate surface area is 118 Å². The van der Waals surface area contributed by atoms with Crippen molar-refractivity contribution in [2.45, 2.75) is 6.61 Å². The van der Waals surface area contributed by atoms with Crippen molar-refractivity contribution in [3.05, 3.63) is 23.9 Å². The molecule has 0 radical (unpaired) electrons. The van der Waals surface area contributed by atoms with Crippen molar-refractivity contribution in [3.63, 3.8) is 0 Å². The third kappa shape index (κ3) is 2.30. The number of benzene rings is 1. The molecule has 0 atom stereocenters. The lowest BCUT2D eigenvalue weighted by atomic mass is 10.0. The molecule has 0 amide bonds. The SMILES string of the molecule is COCc1ccc(-c2cnn(C)c2N)c(OC)c1OC. The summed E-state index contributed by atoms with van der Waals surface area (Å²) in [6.45, 7) is 0.447. The summed E-state index contributed by atoms with van der Waals surface area (Å²) in [5.74, 6) is 1.85. The predicted octanol–water partition coefficient (Wildman–Crippen LogP) is 1.83. The molecule has 6 nitrogen and oxygen atoms in total. The molecule has 108 valence electrons. The third-order valence-corrected chi connectivity index (χ3v) is 3.18. The van der Waals surface area contributed by atoms with E-state index in [0.29, 0.717) is 23.9 Å². The van der Waals surface area contributed by atoms with Gasteiger partial charge in [-0.1, -0.05) is 6.07 Å². The molecule has 2 rings (SSSR count). The standard InChI is InChI=1S/C14H19N3O3/c1-17-14(15)11(7-16-17)10-6-5-9(8-18-2)12(19-3)13(10)20-4/h5-7H,8,15H2,1-4H3. The Morgan fingerprint density at radius 1 is 1.10 bits per heavy atom. The summed E-state index contributed by atoms with van der Waals surface area (Å²) in [4.78, 5) is 0. The van der Waals surface area contributed by atoms with Gasteiger partial charge in [-0.25, -0.2) is 0 Å². The maximum Gasteiger partial charge on any atom is 0.169 e. The molecule has 0 aliphatic rings. The van der Waals surface area contributed by atoms with Crippen molar-refractivity contribution >= 4 is 5.82 Å². The molecule has 0 aliphatic heterocycles. The number of methoxy groups -OCH3 is 3. The van der Waals surface area contributed by atoms with Crippen LogP contribution < -0.4 is 15.2 Å². The Bertz CT molecular complexity index is 608. The number of rotatable bonds is 5. The van der Waals surface area contributed by atoms with Crippen LogP contribution in [0.3, 0.4) is 0 Å². The van der Waals surface area contributed by atoms with Gasteiger partial charge in [0.2, 0.25) is 0 Å². The van der Waals surface area contributed by atoms with Crippen molar-refractivity contribution < 1.29 is 14.2 Å². The minimum Gasteiger partial charge on any atom is -0.492 e. The van der Waals surface area contributed by atoms with E-state index >= 15 is 0 Å². The van der Waals surface area contributed by atoms with Gasteiger partial charge in [0.05, 0.1) is 27.0 Å². The summed E-state index contributed by atoms with van der Waals surface area (Å²) < 4.78 is 17.7. The van der Waals surface area contributed by atoms with Crippen LogP contribution in [0.15, 0.2) is 18.3 Å². The van der Waals surface area contributed by atoms with E-state index in [4.69, 9.17) is 19.9 Å². The molecule has 0 saturated heterocycles. The van der Waals surface area contributed by atoms with Gasteiger partial charge in [0.15, 0.2) is 11.5 Å². The summed E-state index contributed by atoms with van der Waals surface area (Å²) in [6, 6.07) is 3.87. The van der Waals surface area contributed by atoms with Crippen molar-refractivity contribution in [1.29, 1.82) is 0 Å². The van der Waals surface area contributed by atoms with E-state index < -0.39 is 0 Å². The van der Waals surface area contributed by atoms with Crippen LogP contribution in [0.4, 0.5) is 5.82 Å². The first-order valence-corrected chi connectivity index (χ1v) is 6.14. The second-order valence-corrected chi connectivity index (χ2v) is 4.34. The van der Waals surface area contributed by atoms with Gasteiger partial charge < -0.3 is 19.9 Å². The predicted molar refractivity (Wildman–Crippen MR) is 76.9 cm³/mol. The molecule has 0 saturated carbocycles. The first-order chi connectivity index (χ1) is 9.63. The fourth-order valence-electron chi connectivity index (χ4n) is 2.17. The quantitative estimate of drug-likeness (QED) is 0.902. The van der Waals surface area contributed by atoms with Crippen LogP contribution in [0, 0.1) is 0 Å². The smallest absolute Gasteiger partial charge is 0.169 e. The van der Waals surface area contributed by atoms with E-state index in [9.17, 15) is 0 Å². The molecular weight excluding hydrogens is 258 g/mol. The lowest BCUT2D eigenvalue weighted by molar-refractivity contribution is 0.181. The average Bonchev–Trinajstić information content (AvgIpc) is 2.78. The lowest BCUT2D eigenvalue weighted by Gasteiger charge is -2.16. The number of nitrogens with zero attached hydrogens (tertiary/aromatic N) is 2. The zero-order valence-electron chi connectivity index (χ0n) is 12.1. The van der Waals surface area contributed by atoms with Crippen LogP contribution in [0.5, 0.6) is 11.5 Å². The minimum absolute atomic E-state index is 0.447.